The number of hydrogen-bond donors (Lipinski definition) is 1. The standard InChI is InChI=1S/C17H34N4/c1-5-20(6-2)12-13-21-15(18)19-14-17(21)9-7-8-16(3,4)10-11-17/h5-14H2,1-4H3,(H2,18,19). The fourth-order valence-corrected chi connectivity index (χ4v) is 3.92. The molecular weight excluding hydrogens is 260 g/mol. The number of rotatable bonds is 5. The Hall–Kier alpha value is -0.770. The zero-order chi connectivity index (χ0) is 15.5. The van der Waals surface area contributed by atoms with Crippen LogP contribution in [0.1, 0.15) is 59.8 Å². The van der Waals surface area contributed by atoms with Gasteiger partial charge in [-0.3, -0.25) is 4.99 Å². The summed E-state index contributed by atoms with van der Waals surface area (Å²) >= 11 is 0. The van der Waals surface area contributed by atoms with E-state index in [0.717, 1.165) is 38.7 Å². The van der Waals surface area contributed by atoms with E-state index in [9.17, 15) is 0 Å². The Morgan fingerprint density at radius 3 is 2.52 bits per heavy atom. The maximum atomic E-state index is 6.23. The summed E-state index contributed by atoms with van der Waals surface area (Å²) in [5, 5.41) is 0. The highest BCUT2D eigenvalue weighted by Crippen LogP contribution is 2.42. The zero-order valence-corrected chi connectivity index (χ0v) is 14.5. The number of nitrogens with zero attached hydrogens (tertiary/aromatic N) is 3. The second-order valence-corrected chi connectivity index (χ2v) is 7.60. The van der Waals surface area contributed by atoms with Gasteiger partial charge in [0.05, 0.1) is 12.1 Å². The van der Waals surface area contributed by atoms with Crippen LogP contribution in [0.5, 0.6) is 0 Å². The Bertz CT molecular complexity index is 373. The monoisotopic (exact) mass is 294 g/mol. The van der Waals surface area contributed by atoms with Gasteiger partial charge in [-0.15, -0.1) is 0 Å². The molecule has 1 aliphatic heterocycles. The first kappa shape index (κ1) is 16.6. The van der Waals surface area contributed by atoms with Crippen molar-refractivity contribution < 1.29 is 0 Å². The Balaban J connectivity index is 2.04. The smallest absolute Gasteiger partial charge is 0.191 e. The third-order valence-corrected chi connectivity index (χ3v) is 5.68. The fourth-order valence-electron chi connectivity index (χ4n) is 3.92. The normalized spacial score (nSPS) is 29.0. The molecule has 1 fully saturated rings. The molecule has 4 nitrogen and oxygen atoms in total. The average Bonchev–Trinajstić information content (AvgIpc) is 2.66. The molecule has 2 N–H and O–H groups in total. The van der Waals surface area contributed by atoms with Gasteiger partial charge in [0.25, 0.3) is 0 Å². The number of aliphatic imine (C=N–C) groups is 1. The van der Waals surface area contributed by atoms with Gasteiger partial charge in [-0.05, 0) is 44.2 Å². The maximum Gasteiger partial charge on any atom is 0.191 e. The predicted octanol–water partition coefficient (Wildman–Crippen LogP) is 2.69. The largest absolute Gasteiger partial charge is 0.370 e. The summed E-state index contributed by atoms with van der Waals surface area (Å²) in [6.45, 7) is 14.5. The van der Waals surface area contributed by atoms with Gasteiger partial charge in [0.1, 0.15) is 0 Å². The van der Waals surface area contributed by atoms with Gasteiger partial charge in [-0.1, -0.05) is 34.1 Å². The third-order valence-electron chi connectivity index (χ3n) is 5.68. The van der Waals surface area contributed by atoms with Crippen LogP contribution < -0.4 is 5.73 Å². The summed E-state index contributed by atoms with van der Waals surface area (Å²) in [6, 6.07) is 0. The van der Waals surface area contributed by atoms with E-state index in [-0.39, 0.29) is 5.54 Å². The maximum absolute atomic E-state index is 6.23. The Morgan fingerprint density at radius 1 is 1.14 bits per heavy atom. The molecule has 122 valence electrons. The lowest BCUT2D eigenvalue weighted by atomic mass is 9.83. The van der Waals surface area contributed by atoms with Gasteiger partial charge < -0.3 is 15.5 Å². The summed E-state index contributed by atoms with van der Waals surface area (Å²) in [5.41, 5.74) is 6.92. The van der Waals surface area contributed by atoms with Gasteiger partial charge in [0.2, 0.25) is 0 Å². The number of nitrogens with two attached hydrogens (primary N) is 1. The van der Waals surface area contributed by atoms with Crippen molar-refractivity contribution in [3.63, 3.8) is 0 Å². The molecule has 1 aliphatic carbocycles. The fraction of sp³-hybridized carbons (Fsp3) is 0.941. The lowest BCUT2D eigenvalue weighted by Crippen LogP contribution is -2.53. The summed E-state index contributed by atoms with van der Waals surface area (Å²) in [6.07, 6.45) is 6.41. The molecule has 0 aromatic rings. The van der Waals surface area contributed by atoms with Crippen LogP contribution in [0.15, 0.2) is 4.99 Å². The van der Waals surface area contributed by atoms with Crippen LogP contribution in [-0.4, -0.2) is 54.0 Å². The molecule has 0 aromatic heterocycles. The minimum absolute atomic E-state index is 0.213. The summed E-state index contributed by atoms with van der Waals surface area (Å²) in [7, 11) is 0. The molecule has 21 heavy (non-hydrogen) atoms. The van der Waals surface area contributed by atoms with Gasteiger partial charge in [0.15, 0.2) is 5.96 Å². The van der Waals surface area contributed by atoms with Crippen molar-refractivity contribution in [2.45, 2.75) is 65.3 Å². The number of guanidine groups is 1. The Kier molecular flexibility index (Phi) is 5.18. The molecule has 0 amide bonds. The van der Waals surface area contributed by atoms with Gasteiger partial charge >= 0.3 is 0 Å². The van der Waals surface area contributed by atoms with E-state index in [1.54, 1.807) is 0 Å². The van der Waals surface area contributed by atoms with Crippen molar-refractivity contribution in [2.24, 2.45) is 16.1 Å². The van der Waals surface area contributed by atoms with Crippen molar-refractivity contribution >= 4 is 5.96 Å². The van der Waals surface area contributed by atoms with Gasteiger partial charge in [-0.25, -0.2) is 0 Å². The second kappa shape index (κ2) is 6.55. The van der Waals surface area contributed by atoms with Crippen molar-refractivity contribution in [3.05, 3.63) is 0 Å². The SMILES string of the molecule is CCN(CC)CCN1C(N)=NCC12CCCC(C)(C)CC2. The molecule has 1 spiro atoms. The first-order chi connectivity index (χ1) is 9.92. The summed E-state index contributed by atoms with van der Waals surface area (Å²) in [4.78, 5) is 9.52. The molecule has 0 saturated heterocycles. The average molecular weight is 294 g/mol. The molecule has 0 aromatic carbocycles. The van der Waals surface area contributed by atoms with E-state index >= 15 is 0 Å². The lowest BCUT2D eigenvalue weighted by molar-refractivity contribution is 0.149. The highest BCUT2D eigenvalue weighted by Gasteiger charge is 2.44. The molecule has 0 radical (unpaired) electrons. The minimum Gasteiger partial charge on any atom is -0.370 e. The first-order valence-corrected chi connectivity index (χ1v) is 8.72. The molecular formula is C17H34N4. The van der Waals surface area contributed by atoms with E-state index < -0.39 is 0 Å². The first-order valence-electron chi connectivity index (χ1n) is 8.72. The van der Waals surface area contributed by atoms with Crippen molar-refractivity contribution in [3.8, 4) is 0 Å². The zero-order valence-electron chi connectivity index (χ0n) is 14.5. The third kappa shape index (κ3) is 3.71. The van der Waals surface area contributed by atoms with Crippen molar-refractivity contribution in [1.29, 1.82) is 0 Å². The van der Waals surface area contributed by atoms with E-state index in [1.807, 2.05) is 0 Å². The Labute approximate surface area is 130 Å². The number of hydrogen-bond acceptors (Lipinski definition) is 4. The molecule has 1 unspecified atom stereocenters. The minimum atomic E-state index is 0.213. The van der Waals surface area contributed by atoms with Crippen LogP contribution in [-0.2, 0) is 0 Å². The topological polar surface area (TPSA) is 44.9 Å². The molecule has 2 rings (SSSR count). The van der Waals surface area contributed by atoms with Crippen LogP contribution in [0, 0.1) is 5.41 Å². The number of likely N-dealkylation sites (N-methyl/N-ethyl adjacent to an activating group) is 1. The molecule has 1 atom stereocenters. The lowest BCUT2D eigenvalue weighted by Gasteiger charge is -2.40. The quantitative estimate of drug-likeness (QED) is 0.848. The van der Waals surface area contributed by atoms with Crippen molar-refractivity contribution in [2.75, 3.05) is 32.7 Å². The molecule has 1 saturated carbocycles. The van der Waals surface area contributed by atoms with E-state index in [0.29, 0.717) is 5.41 Å². The van der Waals surface area contributed by atoms with E-state index in [4.69, 9.17) is 5.73 Å². The molecule has 1 heterocycles. The summed E-state index contributed by atoms with van der Waals surface area (Å²) in [5.74, 6) is 0.780. The van der Waals surface area contributed by atoms with Gasteiger partial charge in [-0.2, -0.15) is 0 Å². The predicted molar refractivity (Wildman–Crippen MR) is 90.6 cm³/mol. The van der Waals surface area contributed by atoms with Crippen molar-refractivity contribution in [1.82, 2.24) is 9.80 Å². The van der Waals surface area contributed by atoms with Crippen LogP contribution in [0.2, 0.25) is 0 Å². The Morgan fingerprint density at radius 2 is 1.86 bits per heavy atom. The molecule has 0 bridgehead atoms. The summed E-state index contributed by atoms with van der Waals surface area (Å²) < 4.78 is 0. The van der Waals surface area contributed by atoms with E-state index in [2.05, 4.69) is 42.5 Å². The highest BCUT2D eigenvalue weighted by atomic mass is 15.4. The van der Waals surface area contributed by atoms with Crippen LogP contribution in [0.4, 0.5) is 0 Å². The molecule has 4 heteroatoms. The van der Waals surface area contributed by atoms with Gasteiger partial charge in [0, 0.05) is 13.1 Å². The van der Waals surface area contributed by atoms with E-state index in [1.165, 1.54) is 32.1 Å². The van der Waals surface area contributed by atoms with Crippen LogP contribution in [0.3, 0.4) is 0 Å². The highest BCUT2D eigenvalue weighted by molar-refractivity contribution is 5.81. The molecule has 2 aliphatic rings. The van der Waals surface area contributed by atoms with Crippen LogP contribution >= 0.6 is 0 Å². The second-order valence-electron chi connectivity index (χ2n) is 7.60. The van der Waals surface area contributed by atoms with Crippen LogP contribution in [0.25, 0.3) is 0 Å².